The molecule has 0 aliphatic heterocycles. The summed E-state index contributed by atoms with van der Waals surface area (Å²) in [6.45, 7) is 0. The number of aromatic nitrogens is 2. The SMILES string of the molecule is O=C(Oc1cccc(OC(=O)c2ccc(/C=C/c3ccncc3)cc2)c1)c1ccc(/C=C/c2ccncc2)cc1. The van der Waals surface area contributed by atoms with E-state index in [1.54, 1.807) is 67.3 Å². The molecule has 194 valence electrons. The summed E-state index contributed by atoms with van der Waals surface area (Å²) in [6.07, 6.45) is 14.8. The molecule has 5 aromatic rings. The van der Waals surface area contributed by atoms with Crippen molar-refractivity contribution in [2.45, 2.75) is 0 Å². The average molecular weight is 525 g/mol. The smallest absolute Gasteiger partial charge is 0.343 e. The third-order valence-corrected chi connectivity index (χ3v) is 5.87. The quantitative estimate of drug-likeness (QED) is 0.157. The van der Waals surface area contributed by atoms with Crippen LogP contribution in [0.25, 0.3) is 24.3 Å². The summed E-state index contributed by atoms with van der Waals surface area (Å²) >= 11 is 0. The van der Waals surface area contributed by atoms with Gasteiger partial charge in [-0.25, -0.2) is 9.59 Å². The fraction of sp³-hybridized carbons (Fsp3) is 0. The highest BCUT2D eigenvalue weighted by molar-refractivity contribution is 5.92. The van der Waals surface area contributed by atoms with Gasteiger partial charge in [-0.05, 0) is 82.9 Å². The molecule has 3 aromatic carbocycles. The first-order valence-electron chi connectivity index (χ1n) is 12.5. The zero-order valence-electron chi connectivity index (χ0n) is 21.4. The van der Waals surface area contributed by atoms with E-state index in [1.165, 1.54) is 6.07 Å². The van der Waals surface area contributed by atoms with E-state index < -0.39 is 11.9 Å². The highest BCUT2D eigenvalue weighted by Crippen LogP contribution is 2.22. The van der Waals surface area contributed by atoms with Gasteiger partial charge in [-0.2, -0.15) is 0 Å². The maximum absolute atomic E-state index is 12.7. The molecule has 0 radical (unpaired) electrons. The van der Waals surface area contributed by atoms with Crippen molar-refractivity contribution in [1.29, 1.82) is 0 Å². The van der Waals surface area contributed by atoms with E-state index in [0.29, 0.717) is 11.1 Å². The summed E-state index contributed by atoms with van der Waals surface area (Å²) in [6, 6.07) is 28.2. The van der Waals surface area contributed by atoms with Crippen molar-refractivity contribution in [2.24, 2.45) is 0 Å². The van der Waals surface area contributed by atoms with Gasteiger partial charge in [0.25, 0.3) is 0 Å². The maximum Gasteiger partial charge on any atom is 0.343 e. The number of esters is 2. The molecule has 0 atom stereocenters. The molecular formula is C34H24N2O4. The predicted molar refractivity (Wildman–Crippen MR) is 156 cm³/mol. The topological polar surface area (TPSA) is 78.4 Å². The Kier molecular flexibility index (Phi) is 8.29. The van der Waals surface area contributed by atoms with Crippen molar-refractivity contribution in [3.63, 3.8) is 0 Å². The summed E-state index contributed by atoms with van der Waals surface area (Å²) in [5.74, 6) is -0.478. The second-order valence-electron chi connectivity index (χ2n) is 8.73. The molecule has 0 saturated heterocycles. The molecule has 2 heterocycles. The molecule has 5 rings (SSSR count). The van der Waals surface area contributed by atoms with Crippen LogP contribution in [0.3, 0.4) is 0 Å². The van der Waals surface area contributed by atoms with Gasteiger partial charge in [-0.15, -0.1) is 0 Å². The van der Waals surface area contributed by atoms with Crippen molar-refractivity contribution in [3.8, 4) is 11.5 Å². The normalized spacial score (nSPS) is 11.0. The Hall–Kier alpha value is -5.62. The molecule has 40 heavy (non-hydrogen) atoms. The van der Waals surface area contributed by atoms with Crippen LogP contribution >= 0.6 is 0 Å². The van der Waals surface area contributed by atoms with Crippen molar-refractivity contribution in [1.82, 2.24) is 9.97 Å². The van der Waals surface area contributed by atoms with Gasteiger partial charge in [0, 0.05) is 30.9 Å². The Morgan fingerprint density at radius 2 is 0.825 bits per heavy atom. The largest absolute Gasteiger partial charge is 0.423 e. The minimum Gasteiger partial charge on any atom is -0.423 e. The first kappa shape index (κ1) is 26.0. The Morgan fingerprint density at radius 1 is 0.475 bits per heavy atom. The van der Waals surface area contributed by atoms with Gasteiger partial charge in [0.1, 0.15) is 11.5 Å². The van der Waals surface area contributed by atoms with Crippen molar-refractivity contribution in [3.05, 3.63) is 155 Å². The van der Waals surface area contributed by atoms with Gasteiger partial charge in [-0.1, -0.05) is 54.6 Å². The fourth-order valence-electron chi connectivity index (χ4n) is 3.73. The van der Waals surface area contributed by atoms with Crippen LogP contribution < -0.4 is 9.47 Å². The van der Waals surface area contributed by atoms with Gasteiger partial charge >= 0.3 is 11.9 Å². The molecule has 0 aliphatic carbocycles. The second kappa shape index (κ2) is 12.8. The number of pyridine rings is 2. The first-order chi connectivity index (χ1) is 19.6. The van der Waals surface area contributed by atoms with E-state index in [2.05, 4.69) is 9.97 Å². The molecule has 0 amide bonds. The van der Waals surface area contributed by atoms with Gasteiger partial charge in [-0.3, -0.25) is 9.97 Å². The number of ether oxygens (including phenoxy) is 2. The zero-order valence-corrected chi connectivity index (χ0v) is 21.4. The van der Waals surface area contributed by atoms with Crippen LogP contribution in [0.15, 0.2) is 122 Å². The monoisotopic (exact) mass is 524 g/mol. The van der Waals surface area contributed by atoms with Crippen molar-refractivity contribution >= 4 is 36.2 Å². The predicted octanol–water partition coefficient (Wildman–Crippen LogP) is 7.26. The molecule has 0 fully saturated rings. The average Bonchev–Trinajstić information content (AvgIpc) is 3.01. The number of nitrogens with zero attached hydrogens (tertiary/aromatic N) is 2. The second-order valence-corrected chi connectivity index (χ2v) is 8.73. The molecule has 0 unspecified atom stereocenters. The van der Waals surface area contributed by atoms with Gasteiger partial charge in [0.05, 0.1) is 11.1 Å². The Balaban J connectivity index is 1.17. The van der Waals surface area contributed by atoms with Gasteiger partial charge in [0.2, 0.25) is 0 Å². The lowest BCUT2D eigenvalue weighted by molar-refractivity contribution is 0.0733. The molecule has 0 spiro atoms. The van der Waals surface area contributed by atoms with Gasteiger partial charge < -0.3 is 9.47 Å². The summed E-state index contributed by atoms with van der Waals surface area (Å²) in [5.41, 5.74) is 4.76. The zero-order chi connectivity index (χ0) is 27.6. The minimum atomic E-state index is -0.511. The van der Waals surface area contributed by atoms with E-state index in [-0.39, 0.29) is 11.5 Å². The number of rotatable bonds is 8. The lowest BCUT2D eigenvalue weighted by Crippen LogP contribution is -2.10. The van der Waals surface area contributed by atoms with Crippen LogP contribution in [0.2, 0.25) is 0 Å². The molecule has 0 N–H and O–H groups in total. The number of hydrogen-bond acceptors (Lipinski definition) is 6. The summed E-state index contributed by atoms with van der Waals surface area (Å²) in [7, 11) is 0. The highest BCUT2D eigenvalue weighted by Gasteiger charge is 2.12. The molecule has 2 aromatic heterocycles. The molecule has 0 bridgehead atoms. The third kappa shape index (κ3) is 7.24. The van der Waals surface area contributed by atoms with E-state index >= 15 is 0 Å². The number of carbonyl (C=O) groups is 2. The lowest BCUT2D eigenvalue weighted by atomic mass is 10.1. The molecule has 0 saturated carbocycles. The van der Waals surface area contributed by atoms with Gasteiger partial charge in [0.15, 0.2) is 0 Å². The molecule has 6 nitrogen and oxygen atoms in total. The van der Waals surface area contributed by atoms with Crippen LogP contribution in [0.5, 0.6) is 11.5 Å². The molecular weight excluding hydrogens is 500 g/mol. The van der Waals surface area contributed by atoms with E-state index in [1.807, 2.05) is 72.8 Å². The number of benzene rings is 3. The molecule has 6 heteroatoms. The summed E-state index contributed by atoms with van der Waals surface area (Å²) in [5, 5.41) is 0. The van der Waals surface area contributed by atoms with Crippen molar-refractivity contribution < 1.29 is 19.1 Å². The fourth-order valence-corrected chi connectivity index (χ4v) is 3.73. The molecule has 0 aliphatic rings. The summed E-state index contributed by atoms with van der Waals surface area (Å²) < 4.78 is 11.0. The standard InChI is InChI=1S/C34H24N2O4/c37-33(29-12-8-25(9-13-29)4-6-27-16-20-35-21-17-27)39-31-2-1-3-32(24-31)40-34(38)30-14-10-26(11-15-30)5-7-28-18-22-36-23-19-28/h1-24H/b6-4+,7-5+. The third-order valence-electron chi connectivity index (χ3n) is 5.87. The Bertz CT molecular complexity index is 1520. The Labute approximate surface area is 231 Å². The van der Waals surface area contributed by atoms with Crippen LogP contribution in [-0.4, -0.2) is 21.9 Å². The van der Waals surface area contributed by atoms with E-state index in [0.717, 1.165) is 22.3 Å². The lowest BCUT2D eigenvalue weighted by Gasteiger charge is -2.08. The van der Waals surface area contributed by atoms with Crippen molar-refractivity contribution in [2.75, 3.05) is 0 Å². The maximum atomic E-state index is 12.7. The van der Waals surface area contributed by atoms with E-state index in [9.17, 15) is 9.59 Å². The van der Waals surface area contributed by atoms with Crippen LogP contribution in [0.1, 0.15) is 43.0 Å². The first-order valence-corrected chi connectivity index (χ1v) is 12.5. The summed E-state index contributed by atoms with van der Waals surface area (Å²) in [4.78, 5) is 33.3. The van der Waals surface area contributed by atoms with Crippen LogP contribution in [0, 0.1) is 0 Å². The number of carbonyl (C=O) groups excluding carboxylic acids is 2. The Morgan fingerprint density at radius 3 is 1.20 bits per heavy atom. The number of hydrogen-bond donors (Lipinski definition) is 0. The van der Waals surface area contributed by atoms with Crippen LogP contribution in [-0.2, 0) is 0 Å². The minimum absolute atomic E-state index is 0.272. The van der Waals surface area contributed by atoms with E-state index in [4.69, 9.17) is 9.47 Å². The van der Waals surface area contributed by atoms with Crippen LogP contribution in [0.4, 0.5) is 0 Å². The highest BCUT2D eigenvalue weighted by atomic mass is 16.5.